The first kappa shape index (κ1) is 21.6. The van der Waals surface area contributed by atoms with Gasteiger partial charge in [0.25, 0.3) is 5.70 Å². The molecular weight excluding hydrogens is 377 g/mol. The van der Waals surface area contributed by atoms with Crippen molar-refractivity contribution in [2.75, 3.05) is 13.7 Å². The minimum absolute atomic E-state index is 0.324. The minimum atomic E-state index is -4.67. The molecule has 0 aromatic heterocycles. The normalized spacial score (nSPS) is 29.0. The Morgan fingerprint density at radius 1 is 1.48 bits per heavy atom. The lowest BCUT2D eigenvalue weighted by atomic mass is 9.79. The van der Waals surface area contributed by atoms with Crippen molar-refractivity contribution < 1.29 is 28.7 Å². The molecule has 2 aliphatic rings. The summed E-state index contributed by atoms with van der Waals surface area (Å²) in [5, 5.41) is 13.7. The molecule has 0 aromatic rings. The van der Waals surface area contributed by atoms with E-state index in [-0.39, 0.29) is 6.61 Å². The van der Waals surface area contributed by atoms with Gasteiger partial charge in [0.2, 0.25) is 0 Å². The Kier molecular flexibility index (Phi) is 6.82. The standard InChI is InChI=1S/C16H24N3O7P/c1-10(18(3)22)13-5-4-8-19(11(13)2)14-7-6-12(9-26-27(23,24)25)15(17-21)16(14)20/h4,8,12,14-16,20H,1,5-7,9H2,2-3H3,(H-,23,24,25)/p+1. The van der Waals surface area contributed by atoms with Crippen molar-refractivity contribution in [1.82, 2.24) is 4.90 Å². The van der Waals surface area contributed by atoms with E-state index in [0.29, 0.717) is 29.7 Å². The van der Waals surface area contributed by atoms with E-state index in [1.165, 1.54) is 7.05 Å². The number of nitrogens with zero attached hydrogens (tertiary/aromatic N) is 3. The highest BCUT2D eigenvalue weighted by atomic mass is 31.2. The van der Waals surface area contributed by atoms with Gasteiger partial charge in [-0.25, -0.2) is 4.57 Å². The minimum Gasteiger partial charge on any atom is -0.389 e. The van der Waals surface area contributed by atoms with Crippen LogP contribution >= 0.6 is 7.82 Å². The molecule has 4 unspecified atom stereocenters. The molecule has 27 heavy (non-hydrogen) atoms. The smallest absolute Gasteiger partial charge is 0.389 e. The van der Waals surface area contributed by atoms with Crippen LogP contribution in [-0.2, 0) is 9.09 Å². The van der Waals surface area contributed by atoms with Gasteiger partial charge in [-0.1, -0.05) is 11.3 Å². The highest BCUT2D eigenvalue weighted by Gasteiger charge is 2.43. The number of hydrogen-bond acceptors (Lipinski definition) is 7. The molecule has 150 valence electrons. The van der Waals surface area contributed by atoms with Gasteiger partial charge in [0.15, 0.2) is 7.05 Å². The molecule has 0 amide bonds. The van der Waals surface area contributed by atoms with Gasteiger partial charge in [-0.3, -0.25) is 4.52 Å². The third-order valence-electron chi connectivity index (χ3n) is 5.14. The Morgan fingerprint density at radius 2 is 2.15 bits per heavy atom. The fraction of sp³-hybridized carbons (Fsp3) is 0.625. The summed E-state index contributed by atoms with van der Waals surface area (Å²) < 4.78 is 16.1. The lowest BCUT2D eigenvalue weighted by molar-refractivity contribution is -0.462. The quantitative estimate of drug-likeness (QED) is 0.333. The number of rotatable bonds is 7. The molecule has 10 nitrogen and oxygen atoms in total. The van der Waals surface area contributed by atoms with Crippen molar-refractivity contribution in [3.8, 4) is 0 Å². The van der Waals surface area contributed by atoms with Crippen LogP contribution in [0.2, 0.25) is 0 Å². The average Bonchev–Trinajstić information content (AvgIpc) is 2.59. The molecule has 0 aromatic carbocycles. The second kappa shape index (κ2) is 8.53. The molecule has 3 N–H and O–H groups in total. The summed E-state index contributed by atoms with van der Waals surface area (Å²) in [7, 11) is -3.31. The summed E-state index contributed by atoms with van der Waals surface area (Å²) in [5.74, 6) is -0.596. The Morgan fingerprint density at radius 3 is 2.70 bits per heavy atom. The number of nitroso groups, excluding NO2 is 2. The molecule has 1 aliphatic carbocycles. The number of aliphatic hydroxyl groups is 1. The molecule has 0 radical (unpaired) electrons. The SMILES string of the molecule is C=C(C1=C(C)N(C2CCC(COP(=O)(O)O)C(N=O)C2O)C=CC1)[N+](C)=O. The first-order chi connectivity index (χ1) is 12.6. The first-order valence-electron chi connectivity index (χ1n) is 8.52. The number of hydrogen-bond donors (Lipinski definition) is 3. The second-order valence-electron chi connectivity index (χ2n) is 6.78. The van der Waals surface area contributed by atoms with E-state index in [9.17, 15) is 19.5 Å². The predicted molar refractivity (Wildman–Crippen MR) is 97.1 cm³/mol. The van der Waals surface area contributed by atoms with Crippen molar-refractivity contribution in [2.24, 2.45) is 11.1 Å². The fourth-order valence-corrected chi connectivity index (χ4v) is 4.02. The predicted octanol–water partition coefficient (Wildman–Crippen LogP) is 1.79. The molecular formula is C16H25N3O7P+. The highest BCUT2D eigenvalue weighted by Crippen LogP contribution is 2.40. The van der Waals surface area contributed by atoms with Gasteiger partial charge in [0, 0.05) is 33.9 Å². The highest BCUT2D eigenvalue weighted by molar-refractivity contribution is 7.46. The zero-order valence-corrected chi connectivity index (χ0v) is 16.2. The van der Waals surface area contributed by atoms with E-state index in [1.54, 1.807) is 11.1 Å². The van der Waals surface area contributed by atoms with Crippen LogP contribution in [0.4, 0.5) is 0 Å². The van der Waals surface area contributed by atoms with E-state index < -0.39 is 31.9 Å². The monoisotopic (exact) mass is 402 g/mol. The van der Waals surface area contributed by atoms with Crippen molar-refractivity contribution in [1.29, 1.82) is 0 Å². The van der Waals surface area contributed by atoms with Gasteiger partial charge in [0.05, 0.1) is 18.2 Å². The molecule has 1 heterocycles. The van der Waals surface area contributed by atoms with Crippen molar-refractivity contribution in [3.05, 3.63) is 45.6 Å². The van der Waals surface area contributed by atoms with Crippen LogP contribution in [0.1, 0.15) is 26.2 Å². The topological polar surface area (TPSA) is 140 Å². The van der Waals surface area contributed by atoms with Crippen molar-refractivity contribution in [3.63, 3.8) is 0 Å². The van der Waals surface area contributed by atoms with E-state index >= 15 is 0 Å². The molecule has 1 fully saturated rings. The maximum absolute atomic E-state index is 11.6. The van der Waals surface area contributed by atoms with E-state index in [4.69, 9.17) is 9.79 Å². The van der Waals surface area contributed by atoms with Gasteiger partial charge in [-0.2, -0.15) is 4.91 Å². The maximum Gasteiger partial charge on any atom is 0.469 e. The van der Waals surface area contributed by atoms with Crippen LogP contribution in [0.5, 0.6) is 0 Å². The number of phosphoric acid groups is 1. The Labute approximate surface area is 157 Å². The van der Waals surface area contributed by atoms with Gasteiger partial charge >= 0.3 is 7.82 Å². The van der Waals surface area contributed by atoms with Crippen LogP contribution in [-0.4, -0.2) is 56.4 Å². The molecule has 11 heteroatoms. The summed E-state index contributed by atoms with van der Waals surface area (Å²) in [6.07, 6.45) is 3.86. The van der Waals surface area contributed by atoms with Gasteiger partial charge < -0.3 is 19.8 Å². The Bertz CT molecular complexity index is 730. The molecule has 0 bridgehead atoms. The molecule has 0 saturated heterocycles. The third-order valence-corrected chi connectivity index (χ3v) is 5.62. The molecule has 2 rings (SSSR count). The second-order valence-corrected chi connectivity index (χ2v) is 8.02. The zero-order chi connectivity index (χ0) is 20.4. The fourth-order valence-electron chi connectivity index (χ4n) is 3.64. The van der Waals surface area contributed by atoms with Crippen LogP contribution in [0, 0.1) is 15.7 Å². The summed E-state index contributed by atoms with van der Waals surface area (Å²) >= 11 is 0. The molecule has 0 spiro atoms. The van der Waals surface area contributed by atoms with Crippen LogP contribution in [0.25, 0.3) is 0 Å². The van der Waals surface area contributed by atoms with Crippen molar-refractivity contribution >= 4 is 7.82 Å². The first-order valence-corrected chi connectivity index (χ1v) is 10.0. The van der Waals surface area contributed by atoms with Crippen molar-refractivity contribution in [2.45, 2.75) is 44.4 Å². The lowest BCUT2D eigenvalue weighted by Gasteiger charge is -2.43. The number of aliphatic hydroxyl groups excluding tert-OH is 1. The van der Waals surface area contributed by atoms with Crippen LogP contribution < -0.4 is 0 Å². The largest absolute Gasteiger partial charge is 0.469 e. The van der Waals surface area contributed by atoms with Crippen LogP contribution in [0.15, 0.2) is 41.0 Å². The van der Waals surface area contributed by atoms with E-state index in [2.05, 4.69) is 16.3 Å². The van der Waals surface area contributed by atoms with Gasteiger partial charge in [-0.15, -0.1) is 0 Å². The third kappa shape index (κ3) is 4.97. The zero-order valence-electron chi connectivity index (χ0n) is 15.3. The summed E-state index contributed by atoms with van der Waals surface area (Å²) in [5.41, 5.74) is 1.82. The maximum atomic E-state index is 11.6. The van der Waals surface area contributed by atoms with E-state index in [1.807, 2.05) is 13.0 Å². The molecule has 1 aliphatic heterocycles. The Hall–Kier alpha value is -1.71. The summed E-state index contributed by atoms with van der Waals surface area (Å²) in [6.45, 7) is 5.24. The average molecular weight is 402 g/mol. The number of allylic oxidation sites excluding steroid dienone is 3. The Balaban J connectivity index is 2.20. The van der Waals surface area contributed by atoms with E-state index in [0.717, 1.165) is 11.3 Å². The summed E-state index contributed by atoms with van der Waals surface area (Å²) in [4.78, 5) is 42.4. The molecule has 1 saturated carbocycles. The molecule has 4 atom stereocenters. The number of likely N-dealkylation sites (N-methyl/N-ethyl adjacent to an activating group) is 1. The number of phosphoric ester groups is 1. The van der Waals surface area contributed by atoms with Gasteiger partial charge in [-0.05, 0) is 26.3 Å². The lowest BCUT2D eigenvalue weighted by Crippen LogP contribution is -2.52. The van der Waals surface area contributed by atoms with Gasteiger partial charge in [0.1, 0.15) is 12.1 Å². The van der Waals surface area contributed by atoms with Crippen LogP contribution in [0.3, 0.4) is 0 Å². The summed E-state index contributed by atoms with van der Waals surface area (Å²) in [6, 6.07) is -1.53.